The Morgan fingerprint density at radius 3 is 2.60 bits per heavy atom. The molecule has 6 nitrogen and oxygen atoms in total. The third-order valence-corrected chi connectivity index (χ3v) is 6.16. The molecule has 0 radical (unpaired) electrons. The van der Waals surface area contributed by atoms with Gasteiger partial charge in [0.25, 0.3) is 0 Å². The van der Waals surface area contributed by atoms with Crippen LogP contribution in [0.4, 0.5) is 4.39 Å². The molecule has 0 spiro atoms. The Morgan fingerprint density at radius 1 is 0.886 bits per heavy atom. The van der Waals surface area contributed by atoms with E-state index in [4.69, 9.17) is 4.98 Å². The third-order valence-electron chi connectivity index (χ3n) is 6.16. The standard InChI is InChI=1S/C28H23FN6/c1-2-30-14-17-12-20(16-31-15-17)19-8-11-24-23(13-19)27(35-34-24)28-32-25-5-3-4-22(26(25)33-28)18-6-9-21(29)10-7-18/h3-13,15-16,30H,2,14H2,1H3,(H,32,33)(H,34,35). The van der Waals surface area contributed by atoms with Crippen LogP contribution in [0.3, 0.4) is 0 Å². The first-order chi connectivity index (χ1) is 17.2. The van der Waals surface area contributed by atoms with Gasteiger partial charge in [-0.3, -0.25) is 10.1 Å². The van der Waals surface area contributed by atoms with Gasteiger partial charge in [0, 0.05) is 35.5 Å². The lowest BCUT2D eigenvalue weighted by molar-refractivity contribution is 0.628. The minimum absolute atomic E-state index is 0.259. The molecule has 3 N–H and O–H groups in total. The van der Waals surface area contributed by atoms with Gasteiger partial charge in [0.1, 0.15) is 11.5 Å². The van der Waals surface area contributed by atoms with Gasteiger partial charge >= 0.3 is 0 Å². The number of pyridine rings is 1. The molecule has 0 amide bonds. The lowest BCUT2D eigenvalue weighted by Gasteiger charge is -2.06. The summed E-state index contributed by atoms with van der Waals surface area (Å²) in [5.41, 5.74) is 8.51. The molecule has 6 aromatic rings. The van der Waals surface area contributed by atoms with Crippen molar-refractivity contribution in [2.24, 2.45) is 0 Å². The number of H-pyrrole nitrogens is 2. The van der Waals surface area contributed by atoms with E-state index in [0.717, 1.165) is 68.5 Å². The highest BCUT2D eigenvalue weighted by Gasteiger charge is 2.16. The number of para-hydroxylation sites is 1. The first-order valence-corrected chi connectivity index (χ1v) is 11.6. The van der Waals surface area contributed by atoms with Crippen molar-refractivity contribution >= 4 is 21.9 Å². The Labute approximate surface area is 201 Å². The van der Waals surface area contributed by atoms with Crippen LogP contribution in [0.25, 0.3) is 55.7 Å². The highest BCUT2D eigenvalue weighted by Crippen LogP contribution is 2.33. The van der Waals surface area contributed by atoms with Crippen molar-refractivity contribution < 1.29 is 4.39 Å². The average molecular weight is 463 g/mol. The van der Waals surface area contributed by atoms with Gasteiger partial charge in [-0.2, -0.15) is 5.10 Å². The molecule has 7 heteroatoms. The normalized spacial score (nSPS) is 11.5. The van der Waals surface area contributed by atoms with Crippen molar-refractivity contribution in [2.45, 2.75) is 13.5 Å². The Hall–Kier alpha value is -4.36. The number of fused-ring (bicyclic) bond motifs is 2. The molecule has 3 aromatic carbocycles. The molecule has 0 unspecified atom stereocenters. The molecule has 0 saturated carbocycles. The number of hydrogen-bond acceptors (Lipinski definition) is 4. The van der Waals surface area contributed by atoms with Gasteiger partial charge in [-0.05, 0) is 59.6 Å². The average Bonchev–Trinajstić information content (AvgIpc) is 3.51. The highest BCUT2D eigenvalue weighted by atomic mass is 19.1. The number of hydrogen-bond donors (Lipinski definition) is 3. The zero-order chi connectivity index (χ0) is 23.8. The molecule has 0 aliphatic carbocycles. The minimum atomic E-state index is -0.259. The van der Waals surface area contributed by atoms with Crippen LogP contribution in [-0.4, -0.2) is 31.7 Å². The van der Waals surface area contributed by atoms with Crippen molar-refractivity contribution in [1.82, 2.24) is 30.5 Å². The Kier molecular flexibility index (Phi) is 5.31. The third kappa shape index (κ3) is 3.96. The summed E-state index contributed by atoms with van der Waals surface area (Å²) in [7, 11) is 0. The van der Waals surface area contributed by atoms with Crippen molar-refractivity contribution in [1.29, 1.82) is 0 Å². The maximum atomic E-state index is 13.4. The number of rotatable bonds is 6. The van der Waals surface area contributed by atoms with E-state index in [2.05, 4.69) is 50.6 Å². The second-order valence-corrected chi connectivity index (χ2v) is 8.49. The molecule has 0 bridgehead atoms. The number of nitrogens with zero attached hydrogens (tertiary/aromatic N) is 3. The SMILES string of the molecule is CCNCc1cncc(-c2ccc3[nH]nc(-c4nc5c(-c6ccc(F)cc6)cccc5[nH]4)c3c2)c1. The fourth-order valence-electron chi connectivity index (χ4n) is 4.39. The monoisotopic (exact) mass is 462 g/mol. The fourth-order valence-corrected chi connectivity index (χ4v) is 4.39. The summed E-state index contributed by atoms with van der Waals surface area (Å²) in [5.74, 6) is 0.418. The molecule has 0 saturated heterocycles. The summed E-state index contributed by atoms with van der Waals surface area (Å²) in [6, 6.07) is 20.8. The van der Waals surface area contributed by atoms with E-state index in [9.17, 15) is 4.39 Å². The smallest absolute Gasteiger partial charge is 0.159 e. The molecule has 0 fully saturated rings. The van der Waals surface area contributed by atoms with Crippen LogP contribution < -0.4 is 5.32 Å². The van der Waals surface area contributed by atoms with E-state index < -0.39 is 0 Å². The van der Waals surface area contributed by atoms with Gasteiger partial charge < -0.3 is 10.3 Å². The fraction of sp³-hybridized carbons (Fsp3) is 0.107. The number of imidazole rings is 1. The van der Waals surface area contributed by atoms with Crippen LogP contribution in [0.15, 0.2) is 79.1 Å². The van der Waals surface area contributed by atoms with E-state index in [-0.39, 0.29) is 5.82 Å². The van der Waals surface area contributed by atoms with E-state index in [1.807, 2.05) is 36.7 Å². The number of halogens is 1. The topological polar surface area (TPSA) is 82.3 Å². The second kappa shape index (κ2) is 8.77. The number of benzene rings is 3. The Bertz CT molecular complexity index is 1650. The molecule has 172 valence electrons. The number of aromatic nitrogens is 5. The first kappa shape index (κ1) is 21.2. The first-order valence-electron chi connectivity index (χ1n) is 11.6. The summed E-state index contributed by atoms with van der Waals surface area (Å²) in [5, 5.41) is 12.0. The zero-order valence-electron chi connectivity index (χ0n) is 19.1. The predicted molar refractivity (Wildman–Crippen MR) is 137 cm³/mol. The van der Waals surface area contributed by atoms with E-state index in [1.165, 1.54) is 12.1 Å². The molecule has 3 aromatic heterocycles. The molecule has 0 aliphatic rings. The quantitative estimate of drug-likeness (QED) is 0.280. The van der Waals surface area contributed by atoms with E-state index >= 15 is 0 Å². The summed E-state index contributed by atoms with van der Waals surface area (Å²) >= 11 is 0. The Morgan fingerprint density at radius 2 is 1.74 bits per heavy atom. The largest absolute Gasteiger partial charge is 0.337 e. The predicted octanol–water partition coefficient (Wildman–Crippen LogP) is 6.08. The van der Waals surface area contributed by atoms with Crippen molar-refractivity contribution in [3.05, 3.63) is 90.5 Å². The lowest BCUT2D eigenvalue weighted by Crippen LogP contribution is -2.11. The summed E-state index contributed by atoms with van der Waals surface area (Å²) in [4.78, 5) is 12.7. The van der Waals surface area contributed by atoms with Crippen LogP contribution in [0.5, 0.6) is 0 Å². The van der Waals surface area contributed by atoms with Crippen LogP contribution in [0, 0.1) is 5.82 Å². The second-order valence-electron chi connectivity index (χ2n) is 8.49. The molecule has 0 aliphatic heterocycles. The van der Waals surface area contributed by atoms with Crippen LogP contribution >= 0.6 is 0 Å². The lowest BCUT2D eigenvalue weighted by atomic mass is 10.0. The van der Waals surface area contributed by atoms with E-state index in [0.29, 0.717) is 5.82 Å². The summed E-state index contributed by atoms with van der Waals surface area (Å²) < 4.78 is 13.4. The maximum absolute atomic E-state index is 13.4. The number of aromatic amines is 2. The summed E-state index contributed by atoms with van der Waals surface area (Å²) in [6.45, 7) is 3.78. The number of nitrogens with one attached hydrogen (secondary N) is 3. The van der Waals surface area contributed by atoms with E-state index in [1.54, 1.807) is 12.1 Å². The van der Waals surface area contributed by atoms with Gasteiger partial charge in [0.15, 0.2) is 5.82 Å². The van der Waals surface area contributed by atoms with Crippen molar-refractivity contribution in [3.8, 4) is 33.8 Å². The van der Waals surface area contributed by atoms with Crippen molar-refractivity contribution in [2.75, 3.05) is 6.54 Å². The highest BCUT2D eigenvalue weighted by molar-refractivity contribution is 5.98. The molecule has 6 rings (SSSR count). The molecule has 0 atom stereocenters. The van der Waals surface area contributed by atoms with Crippen LogP contribution in [0.2, 0.25) is 0 Å². The molecule has 3 heterocycles. The van der Waals surface area contributed by atoms with Gasteiger partial charge in [0.05, 0.1) is 16.6 Å². The molecule has 35 heavy (non-hydrogen) atoms. The summed E-state index contributed by atoms with van der Waals surface area (Å²) in [6.07, 6.45) is 3.77. The van der Waals surface area contributed by atoms with Gasteiger partial charge in [-0.15, -0.1) is 0 Å². The van der Waals surface area contributed by atoms with Crippen molar-refractivity contribution in [3.63, 3.8) is 0 Å². The van der Waals surface area contributed by atoms with Gasteiger partial charge in [0.2, 0.25) is 0 Å². The minimum Gasteiger partial charge on any atom is -0.337 e. The van der Waals surface area contributed by atoms with Crippen LogP contribution in [-0.2, 0) is 6.54 Å². The zero-order valence-corrected chi connectivity index (χ0v) is 19.1. The van der Waals surface area contributed by atoms with Gasteiger partial charge in [-0.25, -0.2) is 9.37 Å². The molecular formula is C28H23FN6. The molecular weight excluding hydrogens is 439 g/mol. The van der Waals surface area contributed by atoms with Crippen LogP contribution in [0.1, 0.15) is 12.5 Å². The van der Waals surface area contributed by atoms with Gasteiger partial charge in [-0.1, -0.05) is 37.3 Å². The maximum Gasteiger partial charge on any atom is 0.159 e. The Balaban J connectivity index is 1.43.